The van der Waals surface area contributed by atoms with Crippen LogP contribution in [0.1, 0.15) is 44.0 Å². The lowest BCUT2D eigenvalue weighted by Crippen LogP contribution is -2.23. The van der Waals surface area contributed by atoms with E-state index in [2.05, 4.69) is 24.1 Å². The highest BCUT2D eigenvalue weighted by Crippen LogP contribution is 2.17. The summed E-state index contributed by atoms with van der Waals surface area (Å²) in [7, 11) is 0. The molecular weight excluding hydrogens is 200 g/mol. The van der Waals surface area contributed by atoms with Gasteiger partial charge in [0.15, 0.2) is 5.89 Å². The first-order valence-corrected chi connectivity index (χ1v) is 6.33. The van der Waals surface area contributed by atoms with E-state index in [1.165, 1.54) is 12.8 Å². The molecule has 1 unspecified atom stereocenters. The Bertz CT molecular complexity index is 338. The van der Waals surface area contributed by atoms with Crippen LogP contribution in [0, 0.1) is 12.8 Å². The van der Waals surface area contributed by atoms with E-state index >= 15 is 0 Å². The molecule has 0 spiro atoms. The van der Waals surface area contributed by atoms with Crippen molar-refractivity contribution in [2.45, 2.75) is 52.5 Å². The average Bonchev–Trinajstić information content (AvgIpc) is 2.78. The van der Waals surface area contributed by atoms with E-state index in [1.807, 2.05) is 6.92 Å². The fourth-order valence-corrected chi connectivity index (χ4v) is 2.29. The minimum atomic E-state index is 0.574. The van der Waals surface area contributed by atoms with Gasteiger partial charge in [-0.3, -0.25) is 0 Å². The van der Waals surface area contributed by atoms with Crippen LogP contribution in [0.3, 0.4) is 0 Å². The number of aromatic nitrogens is 1. The SMILES string of the molecule is Cc1oc(CC2CCCN2)nc1CC(C)C. The predicted molar refractivity (Wildman–Crippen MR) is 64.5 cm³/mol. The Morgan fingerprint density at radius 1 is 1.50 bits per heavy atom. The van der Waals surface area contributed by atoms with Crippen LogP contribution < -0.4 is 5.32 Å². The zero-order chi connectivity index (χ0) is 11.5. The van der Waals surface area contributed by atoms with Crippen molar-refractivity contribution >= 4 is 0 Å². The molecule has 90 valence electrons. The fourth-order valence-electron chi connectivity index (χ4n) is 2.29. The lowest BCUT2D eigenvalue weighted by Gasteiger charge is -2.05. The van der Waals surface area contributed by atoms with Gasteiger partial charge in [-0.15, -0.1) is 0 Å². The number of oxazole rings is 1. The number of nitrogens with one attached hydrogen (secondary N) is 1. The molecule has 2 rings (SSSR count). The van der Waals surface area contributed by atoms with Crippen LogP contribution in [0.5, 0.6) is 0 Å². The van der Waals surface area contributed by atoms with Crippen molar-refractivity contribution in [3.05, 3.63) is 17.3 Å². The molecule has 0 radical (unpaired) electrons. The van der Waals surface area contributed by atoms with Crippen LogP contribution in [0.4, 0.5) is 0 Å². The average molecular weight is 222 g/mol. The molecule has 0 aromatic carbocycles. The Balaban J connectivity index is 1.99. The first kappa shape index (κ1) is 11.6. The molecule has 1 aromatic heterocycles. The molecule has 0 amide bonds. The third kappa shape index (κ3) is 2.85. The Morgan fingerprint density at radius 3 is 2.94 bits per heavy atom. The zero-order valence-corrected chi connectivity index (χ0v) is 10.5. The van der Waals surface area contributed by atoms with Crippen LogP contribution in [0.25, 0.3) is 0 Å². The topological polar surface area (TPSA) is 38.1 Å². The third-order valence-corrected chi connectivity index (χ3v) is 3.12. The third-order valence-electron chi connectivity index (χ3n) is 3.12. The van der Waals surface area contributed by atoms with Gasteiger partial charge < -0.3 is 9.73 Å². The molecule has 3 heteroatoms. The van der Waals surface area contributed by atoms with E-state index in [4.69, 9.17) is 4.42 Å². The summed E-state index contributed by atoms with van der Waals surface area (Å²) in [4.78, 5) is 4.61. The molecule has 0 saturated carbocycles. The number of nitrogens with zero attached hydrogens (tertiary/aromatic N) is 1. The van der Waals surface area contributed by atoms with Crippen molar-refractivity contribution in [1.82, 2.24) is 10.3 Å². The van der Waals surface area contributed by atoms with Gasteiger partial charge in [-0.25, -0.2) is 4.98 Å². The van der Waals surface area contributed by atoms with Crippen molar-refractivity contribution in [3.63, 3.8) is 0 Å². The molecule has 2 heterocycles. The van der Waals surface area contributed by atoms with E-state index < -0.39 is 0 Å². The summed E-state index contributed by atoms with van der Waals surface area (Å²) in [5, 5.41) is 3.47. The van der Waals surface area contributed by atoms with Gasteiger partial charge in [-0.1, -0.05) is 13.8 Å². The molecule has 1 aliphatic heterocycles. The molecule has 1 saturated heterocycles. The van der Waals surface area contributed by atoms with E-state index in [0.29, 0.717) is 12.0 Å². The number of hydrogen-bond acceptors (Lipinski definition) is 3. The van der Waals surface area contributed by atoms with Crippen LogP contribution in [0.2, 0.25) is 0 Å². The summed E-state index contributed by atoms with van der Waals surface area (Å²) >= 11 is 0. The van der Waals surface area contributed by atoms with Gasteiger partial charge in [0.1, 0.15) is 5.76 Å². The van der Waals surface area contributed by atoms with Crippen LogP contribution in [-0.2, 0) is 12.8 Å². The van der Waals surface area contributed by atoms with Crippen molar-refractivity contribution in [2.75, 3.05) is 6.54 Å². The monoisotopic (exact) mass is 222 g/mol. The number of rotatable bonds is 4. The van der Waals surface area contributed by atoms with Crippen molar-refractivity contribution < 1.29 is 4.42 Å². The Labute approximate surface area is 97.6 Å². The Morgan fingerprint density at radius 2 is 2.31 bits per heavy atom. The largest absolute Gasteiger partial charge is 0.446 e. The van der Waals surface area contributed by atoms with Gasteiger partial charge in [0.05, 0.1) is 5.69 Å². The lowest BCUT2D eigenvalue weighted by atomic mass is 10.1. The van der Waals surface area contributed by atoms with E-state index in [0.717, 1.165) is 36.7 Å². The normalized spacial score (nSPS) is 20.9. The minimum Gasteiger partial charge on any atom is -0.446 e. The van der Waals surface area contributed by atoms with Crippen LogP contribution in [0.15, 0.2) is 4.42 Å². The minimum absolute atomic E-state index is 0.574. The quantitative estimate of drug-likeness (QED) is 0.850. The second-order valence-electron chi connectivity index (χ2n) is 5.21. The van der Waals surface area contributed by atoms with Crippen molar-refractivity contribution in [1.29, 1.82) is 0 Å². The van der Waals surface area contributed by atoms with Crippen LogP contribution in [-0.4, -0.2) is 17.6 Å². The van der Waals surface area contributed by atoms with Gasteiger partial charge in [0, 0.05) is 12.5 Å². The molecule has 1 aliphatic rings. The van der Waals surface area contributed by atoms with Gasteiger partial charge in [0.25, 0.3) is 0 Å². The number of hydrogen-bond donors (Lipinski definition) is 1. The zero-order valence-electron chi connectivity index (χ0n) is 10.5. The molecule has 0 bridgehead atoms. The van der Waals surface area contributed by atoms with Gasteiger partial charge >= 0.3 is 0 Å². The first-order valence-electron chi connectivity index (χ1n) is 6.33. The standard InChI is InChI=1S/C13H22N2O/c1-9(2)7-12-10(3)16-13(15-12)8-11-5-4-6-14-11/h9,11,14H,4-8H2,1-3H3. The highest BCUT2D eigenvalue weighted by molar-refractivity contribution is 5.09. The van der Waals surface area contributed by atoms with E-state index in [9.17, 15) is 0 Å². The highest BCUT2D eigenvalue weighted by Gasteiger charge is 2.18. The molecule has 1 N–H and O–H groups in total. The maximum atomic E-state index is 5.73. The molecule has 3 nitrogen and oxygen atoms in total. The molecular formula is C13H22N2O. The van der Waals surface area contributed by atoms with E-state index in [1.54, 1.807) is 0 Å². The smallest absolute Gasteiger partial charge is 0.196 e. The van der Waals surface area contributed by atoms with Crippen molar-refractivity contribution in [3.8, 4) is 0 Å². The molecule has 0 aliphatic carbocycles. The summed E-state index contributed by atoms with van der Waals surface area (Å²) in [6, 6.07) is 0.574. The summed E-state index contributed by atoms with van der Waals surface area (Å²) in [6.45, 7) is 7.60. The fraction of sp³-hybridized carbons (Fsp3) is 0.769. The molecule has 1 fully saturated rings. The summed E-state index contributed by atoms with van der Waals surface area (Å²) in [6.07, 6.45) is 4.50. The number of aryl methyl sites for hydroxylation is 1. The second kappa shape index (κ2) is 5.00. The Hall–Kier alpha value is -0.830. The second-order valence-corrected chi connectivity index (χ2v) is 5.21. The maximum absolute atomic E-state index is 5.73. The molecule has 16 heavy (non-hydrogen) atoms. The molecule has 1 aromatic rings. The highest BCUT2D eigenvalue weighted by atomic mass is 16.4. The Kier molecular flexibility index (Phi) is 3.64. The van der Waals surface area contributed by atoms with Crippen molar-refractivity contribution in [2.24, 2.45) is 5.92 Å². The summed E-state index contributed by atoms with van der Waals surface area (Å²) < 4.78 is 5.73. The lowest BCUT2D eigenvalue weighted by molar-refractivity contribution is 0.439. The van der Waals surface area contributed by atoms with Gasteiger partial charge in [-0.05, 0) is 38.6 Å². The van der Waals surface area contributed by atoms with E-state index in [-0.39, 0.29) is 0 Å². The maximum Gasteiger partial charge on any atom is 0.196 e. The first-order chi connectivity index (χ1) is 7.65. The molecule has 1 atom stereocenters. The van der Waals surface area contributed by atoms with Gasteiger partial charge in [0.2, 0.25) is 0 Å². The van der Waals surface area contributed by atoms with Gasteiger partial charge in [-0.2, -0.15) is 0 Å². The van der Waals surface area contributed by atoms with Crippen LogP contribution >= 0.6 is 0 Å². The summed E-state index contributed by atoms with van der Waals surface area (Å²) in [5.41, 5.74) is 1.14. The summed E-state index contributed by atoms with van der Waals surface area (Å²) in [5.74, 6) is 2.55. The predicted octanol–water partition coefficient (Wildman–Crippen LogP) is 2.48.